The summed E-state index contributed by atoms with van der Waals surface area (Å²) in [7, 11) is 0. The summed E-state index contributed by atoms with van der Waals surface area (Å²) in [6.07, 6.45) is 0. The molecule has 1 atom stereocenters. The molecule has 0 aromatic heterocycles. The van der Waals surface area contributed by atoms with E-state index in [-0.39, 0.29) is 0 Å². The van der Waals surface area contributed by atoms with Crippen molar-refractivity contribution in [2.75, 3.05) is 0 Å². The van der Waals surface area contributed by atoms with E-state index in [4.69, 9.17) is 0 Å². The van der Waals surface area contributed by atoms with E-state index in [1.165, 1.54) is 5.56 Å². The Morgan fingerprint density at radius 1 is 0.607 bits per heavy atom. The van der Waals surface area contributed by atoms with Crippen LogP contribution in [-0.4, -0.2) is 5.11 Å². The van der Waals surface area contributed by atoms with Crippen molar-refractivity contribution in [2.45, 2.75) is 22.3 Å². The van der Waals surface area contributed by atoms with Crippen LogP contribution in [-0.2, 0) is 5.60 Å². The molecule has 1 nitrogen and oxygen atoms in total. The molecule has 0 aliphatic heterocycles. The maximum absolute atomic E-state index is 12.2. The molecule has 0 aliphatic rings. The second-order valence-corrected chi connectivity index (χ2v) is 7.97. The average Bonchev–Trinajstić information content (AvgIpc) is 2.75. The second kappa shape index (κ2) is 8.05. The first-order valence-electron chi connectivity index (χ1n) is 9.35. The van der Waals surface area contributed by atoms with Gasteiger partial charge in [0.15, 0.2) is 0 Å². The fourth-order valence-electron chi connectivity index (χ4n) is 3.42. The van der Waals surface area contributed by atoms with E-state index in [1.807, 2.05) is 78.9 Å². The topological polar surface area (TPSA) is 20.2 Å². The zero-order valence-corrected chi connectivity index (χ0v) is 16.6. The molecule has 4 rings (SSSR count). The van der Waals surface area contributed by atoms with Gasteiger partial charge in [0.25, 0.3) is 0 Å². The van der Waals surface area contributed by atoms with Crippen LogP contribution in [0.5, 0.6) is 0 Å². The molecule has 0 spiro atoms. The lowest BCUT2D eigenvalue weighted by atomic mass is 9.80. The zero-order valence-electron chi connectivity index (χ0n) is 15.7. The Balaban J connectivity index is 1.90. The third kappa shape index (κ3) is 3.62. The molecule has 0 aliphatic carbocycles. The minimum Gasteiger partial charge on any atom is -0.376 e. The molecule has 1 N–H and O–H groups in total. The van der Waals surface area contributed by atoms with Crippen LogP contribution in [0, 0.1) is 6.92 Å². The van der Waals surface area contributed by atoms with E-state index in [9.17, 15) is 5.11 Å². The summed E-state index contributed by atoms with van der Waals surface area (Å²) in [5.74, 6) is 0. The van der Waals surface area contributed by atoms with Gasteiger partial charge >= 0.3 is 0 Å². The monoisotopic (exact) mass is 382 g/mol. The zero-order chi connectivity index (χ0) is 19.4. The lowest BCUT2D eigenvalue weighted by Crippen LogP contribution is -2.29. The number of aryl methyl sites for hydroxylation is 1. The Morgan fingerprint density at radius 3 is 1.82 bits per heavy atom. The normalized spacial score (nSPS) is 13.1. The van der Waals surface area contributed by atoms with Crippen LogP contribution in [0.1, 0.15) is 22.3 Å². The van der Waals surface area contributed by atoms with Crippen LogP contribution >= 0.6 is 11.8 Å². The van der Waals surface area contributed by atoms with Gasteiger partial charge in [-0.1, -0.05) is 108 Å². The van der Waals surface area contributed by atoms with E-state index >= 15 is 0 Å². The van der Waals surface area contributed by atoms with E-state index < -0.39 is 5.60 Å². The van der Waals surface area contributed by atoms with Gasteiger partial charge in [0, 0.05) is 15.4 Å². The van der Waals surface area contributed by atoms with Gasteiger partial charge in [-0.15, -0.1) is 0 Å². The second-order valence-electron chi connectivity index (χ2n) is 6.85. The smallest absolute Gasteiger partial charge is 0.141 e. The van der Waals surface area contributed by atoms with Crippen LogP contribution in [0.2, 0.25) is 0 Å². The maximum Gasteiger partial charge on any atom is 0.141 e. The molecular weight excluding hydrogens is 360 g/mol. The predicted molar refractivity (Wildman–Crippen MR) is 117 cm³/mol. The summed E-state index contributed by atoms with van der Waals surface area (Å²) >= 11 is 1.67. The fourth-order valence-corrected chi connectivity index (χ4v) is 4.44. The Bertz CT molecular complexity index is 1040. The molecule has 0 amide bonds. The van der Waals surface area contributed by atoms with Crippen LogP contribution in [0.3, 0.4) is 0 Å². The van der Waals surface area contributed by atoms with Gasteiger partial charge < -0.3 is 5.11 Å². The SMILES string of the molecule is Cc1ccc(C(O)(c2ccccc2)c2ccccc2Sc2ccccc2)cc1. The lowest BCUT2D eigenvalue weighted by Gasteiger charge is -2.32. The molecular formula is C26H22OS. The van der Waals surface area contributed by atoms with Gasteiger partial charge in [-0.3, -0.25) is 0 Å². The van der Waals surface area contributed by atoms with E-state index in [1.54, 1.807) is 11.8 Å². The first-order chi connectivity index (χ1) is 13.7. The van der Waals surface area contributed by atoms with Crippen molar-refractivity contribution < 1.29 is 5.11 Å². The van der Waals surface area contributed by atoms with Crippen LogP contribution in [0.15, 0.2) is 119 Å². The summed E-state index contributed by atoms with van der Waals surface area (Å²) in [6, 6.07) is 36.4. The summed E-state index contributed by atoms with van der Waals surface area (Å²) in [5, 5.41) is 12.2. The highest BCUT2D eigenvalue weighted by molar-refractivity contribution is 7.99. The van der Waals surface area contributed by atoms with E-state index in [0.29, 0.717) is 0 Å². The summed E-state index contributed by atoms with van der Waals surface area (Å²) in [6.45, 7) is 2.06. The van der Waals surface area contributed by atoms with Crippen molar-refractivity contribution >= 4 is 11.8 Å². The highest BCUT2D eigenvalue weighted by Gasteiger charge is 2.35. The average molecular weight is 383 g/mol. The molecule has 0 fully saturated rings. The van der Waals surface area contributed by atoms with Crippen molar-refractivity contribution in [3.63, 3.8) is 0 Å². The summed E-state index contributed by atoms with van der Waals surface area (Å²) in [5.41, 5.74) is 2.56. The van der Waals surface area contributed by atoms with Gasteiger partial charge in [-0.05, 0) is 36.2 Å². The molecule has 0 radical (unpaired) electrons. The van der Waals surface area contributed by atoms with E-state index in [2.05, 4.69) is 37.3 Å². The predicted octanol–water partition coefficient (Wildman–Crippen LogP) is 6.43. The van der Waals surface area contributed by atoms with Crippen LogP contribution in [0.25, 0.3) is 0 Å². The molecule has 2 heteroatoms. The molecule has 0 saturated carbocycles. The van der Waals surface area contributed by atoms with Gasteiger partial charge in [-0.25, -0.2) is 0 Å². The van der Waals surface area contributed by atoms with Gasteiger partial charge in [0.2, 0.25) is 0 Å². The minimum absolute atomic E-state index is 0.861. The first-order valence-corrected chi connectivity index (χ1v) is 10.2. The third-order valence-electron chi connectivity index (χ3n) is 4.91. The lowest BCUT2D eigenvalue weighted by molar-refractivity contribution is 0.123. The molecule has 0 bridgehead atoms. The van der Waals surface area contributed by atoms with E-state index in [0.717, 1.165) is 26.5 Å². The van der Waals surface area contributed by atoms with Crippen molar-refractivity contribution in [1.29, 1.82) is 0 Å². The Morgan fingerprint density at radius 2 is 1.14 bits per heavy atom. The van der Waals surface area contributed by atoms with Crippen LogP contribution < -0.4 is 0 Å². The molecule has 28 heavy (non-hydrogen) atoms. The van der Waals surface area contributed by atoms with Gasteiger partial charge in [0.1, 0.15) is 5.60 Å². The molecule has 4 aromatic carbocycles. The molecule has 4 aromatic rings. The summed E-state index contributed by atoms with van der Waals surface area (Å²) < 4.78 is 0. The number of aliphatic hydroxyl groups is 1. The maximum atomic E-state index is 12.2. The van der Waals surface area contributed by atoms with Crippen molar-refractivity contribution in [3.05, 3.63) is 131 Å². The number of rotatable bonds is 5. The third-order valence-corrected chi connectivity index (χ3v) is 5.99. The van der Waals surface area contributed by atoms with Crippen molar-refractivity contribution in [2.24, 2.45) is 0 Å². The fraction of sp³-hybridized carbons (Fsp3) is 0.0769. The minimum atomic E-state index is -1.23. The Labute approximate surface area is 170 Å². The Kier molecular flexibility index (Phi) is 5.34. The highest BCUT2D eigenvalue weighted by Crippen LogP contribution is 2.42. The molecule has 1 unspecified atom stereocenters. The standard InChI is InChI=1S/C26H22OS/c1-20-16-18-22(19-17-20)26(27,21-10-4-2-5-11-21)24-14-8-9-15-25(24)28-23-12-6-3-7-13-23/h2-19,27H,1H3. The number of hydrogen-bond donors (Lipinski definition) is 1. The van der Waals surface area contributed by atoms with Gasteiger partial charge in [0.05, 0.1) is 0 Å². The van der Waals surface area contributed by atoms with Crippen molar-refractivity contribution in [1.82, 2.24) is 0 Å². The Hall–Kier alpha value is -2.81. The number of benzene rings is 4. The van der Waals surface area contributed by atoms with Crippen LogP contribution in [0.4, 0.5) is 0 Å². The summed E-state index contributed by atoms with van der Waals surface area (Å²) in [4.78, 5) is 2.19. The van der Waals surface area contributed by atoms with Gasteiger partial charge in [-0.2, -0.15) is 0 Å². The van der Waals surface area contributed by atoms with Crippen molar-refractivity contribution in [3.8, 4) is 0 Å². The number of hydrogen-bond acceptors (Lipinski definition) is 2. The molecule has 138 valence electrons. The molecule has 0 heterocycles. The first kappa shape index (κ1) is 18.5. The highest BCUT2D eigenvalue weighted by atomic mass is 32.2. The largest absolute Gasteiger partial charge is 0.376 e. The molecule has 0 saturated heterocycles. The quantitative estimate of drug-likeness (QED) is 0.401.